The molecular weight excluding hydrogens is 474 g/mol. The molecule has 2 aliphatic heterocycles. The molecule has 1 amide bonds. The fourth-order valence-electron chi connectivity index (χ4n) is 4.30. The summed E-state index contributed by atoms with van der Waals surface area (Å²) < 4.78 is 7.63. The molecule has 2 aromatic heterocycles. The van der Waals surface area contributed by atoms with E-state index in [9.17, 15) is 9.59 Å². The molecule has 8 nitrogen and oxygen atoms in total. The molecule has 34 heavy (non-hydrogen) atoms. The van der Waals surface area contributed by atoms with Gasteiger partial charge in [-0.25, -0.2) is 0 Å². The van der Waals surface area contributed by atoms with Gasteiger partial charge in [0, 0.05) is 48.5 Å². The number of ether oxygens (including phenoxy) is 1. The molecule has 1 N–H and O–H groups in total. The van der Waals surface area contributed by atoms with Crippen LogP contribution in [0.25, 0.3) is 0 Å². The Morgan fingerprint density at radius 1 is 1.18 bits per heavy atom. The van der Waals surface area contributed by atoms with E-state index in [1.165, 1.54) is 16.0 Å². The quantitative estimate of drug-likeness (QED) is 0.638. The molecule has 0 atom stereocenters. The van der Waals surface area contributed by atoms with Crippen LogP contribution in [0.5, 0.6) is 0 Å². The summed E-state index contributed by atoms with van der Waals surface area (Å²) >= 11 is 7.58. The number of piperidine rings is 1. The number of likely N-dealkylation sites (tertiary alicyclic amines) is 1. The molecule has 0 radical (unpaired) electrons. The number of carbonyl (C=O) groups excluding carboxylic acids is 2. The molecule has 2 fully saturated rings. The molecule has 186 valence electrons. The van der Waals surface area contributed by atoms with Crippen LogP contribution >= 0.6 is 22.9 Å². The number of hydrogen-bond donors (Lipinski definition) is 1. The van der Waals surface area contributed by atoms with Crippen molar-refractivity contribution in [1.82, 2.24) is 19.6 Å². The number of rotatable bonds is 6. The molecule has 0 aliphatic carbocycles. The summed E-state index contributed by atoms with van der Waals surface area (Å²) in [5.74, 6) is 1.05. The van der Waals surface area contributed by atoms with Crippen molar-refractivity contribution in [3.8, 4) is 0 Å². The molecule has 0 aromatic carbocycles. The van der Waals surface area contributed by atoms with Crippen molar-refractivity contribution in [2.75, 3.05) is 51.3 Å². The van der Waals surface area contributed by atoms with Crippen molar-refractivity contribution in [3.63, 3.8) is 0 Å². The topological polar surface area (TPSA) is 79.7 Å². The molecular formula is C24H34ClN5O3S. The Hall–Kier alpha value is -1.94. The number of amides is 1. The zero-order valence-corrected chi connectivity index (χ0v) is 21.8. The van der Waals surface area contributed by atoms with Crippen LogP contribution in [0.3, 0.4) is 0 Å². The fourth-order valence-corrected chi connectivity index (χ4v) is 5.32. The van der Waals surface area contributed by atoms with Crippen molar-refractivity contribution in [2.24, 2.45) is 5.41 Å². The van der Waals surface area contributed by atoms with Gasteiger partial charge in [-0.3, -0.25) is 14.5 Å². The van der Waals surface area contributed by atoms with Crippen LogP contribution in [0, 0.1) is 5.41 Å². The van der Waals surface area contributed by atoms with Crippen LogP contribution in [0.4, 0.5) is 5.82 Å². The van der Waals surface area contributed by atoms with Gasteiger partial charge in [0.1, 0.15) is 5.82 Å². The maximum Gasteiger partial charge on any atom is 0.254 e. The highest BCUT2D eigenvalue weighted by atomic mass is 35.5. The van der Waals surface area contributed by atoms with Crippen molar-refractivity contribution >= 4 is 40.6 Å². The molecule has 2 saturated heterocycles. The summed E-state index contributed by atoms with van der Waals surface area (Å²) in [7, 11) is 0. The van der Waals surface area contributed by atoms with E-state index in [1.807, 2.05) is 43.9 Å². The number of anilines is 1. The van der Waals surface area contributed by atoms with E-state index >= 15 is 0 Å². The van der Waals surface area contributed by atoms with Gasteiger partial charge in [0.05, 0.1) is 36.3 Å². The number of hydrogen-bond acceptors (Lipinski definition) is 7. The van der Waals surface area contributed by atoms with Gasteiger partial charge in [-0.1, -0.05) is 32.4 Å². The van der Waals surface area contributed by atoms with E-state index < -0.39 is 5.41 Å². The van der Waals surface area contributed by atoms with Gasteiger partial charge in [-0.15, -0.1) is 11.3 Å². The predicted molar refractivity (Wildman–Crippen MR) is 135 cm³/mol. The minimum atomic E-state index is -0.554. The lowest BCUT2D eigenvalue weighted by molar-refractivity contribution is -0.134. The number of nitrogens with zero attached hydrogens (tertiary/aromatic N) is 4. The lowest BCUT2D eigenvalue weighted by Crippen LogP contribution is -2.46. The van der Waals surface area contributed by atoms with Crippen LogP contribution in [0.2, 0.25) is 4.34 Å². The van der Waals surface area contributed by atoms with Gasteiger partial charge in [-0.2, -0.15) is 9.78 Å². The summed E-state index contributed by atoms with van der Waals surface area (Å²) in [6.45, 7) is 11.2. The summed E-state index contributed by atoms with van der Waals surface area (Å²) in [6.07, 6.45) is 1.69. The van der Waals surface area contributed by atoms with Gasteiger partial charge in [0.25, 0.3) is 5.91 Å². The highest BCUT2D eigenvalue weighted by Gasteiger charge is 2.30. The molecule has 0 spiro atoms. The van der Waals surface area contributed by atoms with Gasteiger partial charge < -0.3 is 15.0 Å². The Kier molecular flexibility index (Phi) is 7.97. The molecule has 2 aromatic rings. The van der Waals surface area contributed by atoms with Crippen molar-refractivity contribution in [3.05, 3.63) is 33.1 Å². The Balaban J connectivity index is 1.41. The van der Waals surface area contributed by atoms with E-state index in [1.54, 1.807) is 0 Å². The van der Waals surface area contributed by atoms with Gasteiger partial charge >= 0.3 is 0 Å². The number of nitrogens with one attached hydrogen (secondary N) is 1. The number of halogens is 1. The summed E-state index contributed by atoms with van der Waals surface area (Å²) in [4.78, 5) is 31.1. The van der Waals surface area contributed by atoms with Crippen molar-refractivity contribution in [1.29, 1.82) is 0 Å². The molecule has 0 unspecified atom stereocenters. The highest BCUT2D eigenvalue weighted by Crippen LogP contribution is 2.31. The van der Waals surface area contributed by atoms with E-state index in [4.69, 9.17) is 21.4 Å². The molecule has 2 aliphatic rings. The highest BCUT2D eigenvalue weighted by molar-refractivity contribution is 7.16. The van der Waals surface area contributed by atoms with E-state index in [0.717, 1.165) is 40.8 Å². The van der Waals surface area contributed by atoms with Crippen molar-refractivity contribution < 1.29 is 14.3 Å². The second kappa shape index (κ2) is 10.8. The van der Waals surface area contributed by atoms with Crippen LogP contribution in [0.1, 0.15) is 54.9 Å². The first-order chi connectivity index (χ1) is 16.2. The Morgan fingerprint density at radius 2 is 1.88 bits per heavy atom. The summed E-state index contributed by atoms with van der Waals surface area (Å²) in [6, 6.07) is 5.85. The monoisotopic (exact) mass is 507 g/mol. The van der Waals surface area contributed by atoms with Gasteiger partial charge in [-0.05, 0) is 25.0 Å². The Bertz CT molecular complexity index is 1000. The van der Waals surface area contributed by atoms with Crippen LogP contribution in [0.15, 0.2) is 18.2 Å². The minimum absolute atomic E-state index is 0.0522. The third-order valence-electron chi connectivity index (χ3n) is 6.36. The normalized spacial score (nSPS) is 18.3. The lowest BCUT2D eigenvalue weighted by atomic mass is 9.93. The van der Waals surface area contributed by atoms with Gasteiger partial charge in [0.15, 0.2) is 0 Å². The first-order valence-electron chi connectivity index (χ1n) is 11.9. The standard InChI is InChI=1S/C24H34ClN5O3S/c1-24(2,3)23(32)30-21(26-15-18-4-5-20(25)34-18)14-19(27-30)17-6-8-29(9-7-17)22(31)16-28-10-12-33-13-11-28/h4-5,14,17,26H,6-13,15-16H2,1-3H3. The maximum absolute atomic E-state index is 13.1. The van der Waals surface area contributed by atoms with Crippen LogP contribution < -0.4 is 5.32 Å². The number of thiophene rings is 1. The smallest absolute Gasteiger partial charge is 0.254 e. The average Bonchev–Trinajstić information content (AvgIpc) is 3.43. The molecule has 0 saturated carbocycles. The second-order valence-corrected chi connectivity index (χ2v) is 11.8. The summed E-state index contributed by atoms with van der Waals surface area (Å²) in [5.41, 5.74) is 0.353. The predicted octanol–water partition coefficient (Wildman–Crippen LogP) is 3.93. The summed E-state index contributed by atoms with van der Waals surface area (Å²) in [5, 5.41) is 8.12. The molecule has 0 bridgehead atoms. The van der Waals surface area contributed by atoms with Gasteiger partial charge in [0.2, 0.25) is 5.91 Å². The first-order valence-corrected chi connectivity index (χ1v) is 13.1. The zero-order chi connectivity index (χ0) is 24.3. The largest absolute Gasteiger partial charge is 0.379 e. The van der Waals surface area contributed by atoms with E-state index in [-0.39, 0.29) is 17.7 Å². The third kappa shape index (κ3) is 6.19. The Labute approximate surface area is 210 Å². The second-order valence-electron chi connectivity index (χ2n) is 10.0. The molecule has 4 rings (SSSR count). The third-order valence-corrected chi connectivity index (χ3v) is 7.59. The maximum atomic E-state index is 13.1. The van der Waals surface area contributed by atoms with E-state index in [2.05, 4.69) is 10.2 Å². The van der Waals surface area contributed by atoms with Crippen molar-refractivity contribution in [2.45, 2.75) is 46.1 Å². The minimum Gasteiger partial charge on any atom is -0.379 e. The fraction of sp³-hybridized carbons (Fsp3) is 0.625. The number of morpholine rings is 1. The van der Waals surface area contributed by atoms with Crippen LogP contribution in [-0.4, -0.2) is 77.3 Å². The average molecular weight is 508 g/mol. The Morgan fingerprint density at radius 3 is 2.50 bits per heavy atom. The SMILES string of the molecule is CC(C)(C)C(=O)n1nc(C2CCN(C(=O)CN3CCOCC3)CC2)cc1NCc1ccc(Cl)s1. The van der Waals surface area contributed by atoms with Crippen LogP contribution in [-0.2, 0) is 16.1 Å². The molecule has 10 heteroatoms. The lowest BCUT2D eigenvalue weighted by Gasteiger charge is -2.34. The first kappa shape index (κ1) is 25.2. The van der Waals surface area contributed by atoms with E-state index in [0.29, 0.717) is 45.2 Å². The number of aromatic nitrogens is 2. The zero-order valence-electron chi connectivity index (χ0n) is 20.2. The molecule has 4 heterocycles. The number of carbonyl (C=O) groups is 2.